The number of amides is 1. The molecular formula is C26H30N2O5S. The Labute approximate surface area is 201 Å². The van der Waals surface area contributed by atoms with Gasteiger partial charge >= 0.3 is 0 Å². The number of methoxy groups -OCH3 is 2. The molecule has 0 heterocycles. The third-order valence-electron chi connectivity index (χ3n) is 5.44. The van der Waals surface area contributed by atoms with Crippen LogP contribution in [0.2, 0.25) is 0 Å². The number of sulfonamides is 1. The van der Waals surface area contributed by atoms with E-state index in [1.54, 1.807) is 32.0 Å². The Morgan fingerprint density at radius 3 is 2.15 bits per heavy atom. The van der Waals surface area contributed by atoms with Gasteiger partial charge in [-0.05, 0) is 56.0 Å². The van der Waals surface area contributed by atoms with Crippen molar-refractivity contribution < 1.29 is 22.7 Å². The van der Waals surface area contributed by atoms with Crippen molar-refractivity contribution in [2.45, 2.75) is 38.1 Å². The number of aryl methyl sites for hydroxylation is 3. The van der Waals surface area contributed by atoms with Crippen LogP contribution in [0.4, 0.5) is 5.69 Å². The van der Waals surface area contributed by atoms with Gasteiger partial charge in [0.25, 0.3) is 0 Å². The van der Waals surface area contributed by atoms with Gasteiger partial charge in [-0.3, -0.25) is 4.79 Å². The SMILES string of the molecule is COc1ccc(NC(=O)[C@H](Cc2ccccc2)NS(=O)(=O)c2c(C)cc(C)cc2C)c(OC)c1. The zero-order valence-corrected chi connectivity index (χ0v) is 20.8. The number of benzene rings is 3. The van der Waals surface area contributed by atoms with E-state index < -0.39 is 22.0 Å². The van der Waals surface area contributed by atoms with Gasteiger partial charge < -0.3 is 14.8 Å². The first-order valence-electron chi connectivity index (χ1n) is 10.8. The summed E-state index contributed by atoms with van der Waals surface area (Å²) in [6.07, 6.45) is 0.175. The van der Waals surface area contributed by atoms with E-state index in [0.29, 0.717) is 28.3 Å². The van der Waals surface area contributed by atoms with Crippen molar-refractivity contribution >= 4 is 21.6 Å². The Bertz CT molecular complexity index is 1250. The molecule has 0 radical (unpaired) electrons. The number of carbonyl (C=O) groups excluding carboxylic acids is 1. The Balaban J connectivity index is 1.95. The van der Waals surface area contributed by atoms with Gasteiger partial charge in [-0.2, -0.15) is 4.72 Å². The highest BCUT2D eigenvalue weighted by atomic mass is 32.2. The predicted molar refractivity (Wildman–Crippen MR) is 133 cm³/mol. The minimum Gasteiger partial charge on any atom is -0.497 e. The third kappa shape index (κ3) is 5.95. The molecule has 7 nitrogen and oxygen atoms in total. The van der Waals surface area contributed by atoms with Crippen molar-refractivity contribution in [3.8, 4) is 11.5 Å². The van der Waals surface area contributed by atoms with Crippen LogP contribution in [0.5, 0.6) is 11.5 Å². The summed E-state index contributed by atoms with van der Waals surface area (Å²) in [6, 6.07) is 16.8. The maximum atomic E-state index is 13.4. The Morgan fingerprint density at radius 1 is 0.912 bits per heavy atom. The van der Waals surface area contributed by atoms with Gasteiger partial charge in [-0.15, -0.1) is 0 Å². The number of nitrogens with one attached hydrogen (secondary N) is 2. The molecule has 0 bridgehead atoms. The summed E-state index contributed by atoms with van der Waals surface area (Å²) in [4.78, 5) is 13.5. The zero-order valence-electron chi connectivity index (χ0n) is 20.0. The molecule has 3 rings (SSSR count). The fraction of sp³-hybridized carbons (Fsp3) is 0.269. The molecule has 180 valence electrons. The quantitative estimate of drug-likeness (QED) is 0.478. The molecule has 0 fully saturated rings. The van der Waals surface area contributed by atoms with Crippen LogP contribution in [0, 0.1) is 20.8 Å². The zero-order chi connectivity index (χ0) is 24.9. The van der Waals surface area contributed by atoms with Crippen LogP contribution >= 0.6 is 0 Å². The molecule has 1 amide bonds. The maximum absolute atomic E-state index is 13.4. The van der Waals surface area contributed by atoms with Crippen LogP contribution in [0.1, 0.15) is 22.3 Å². The Morgan fingerprint density at radius 2 is 1.56 bits per heavy atom. The average molecular weight is 483 g/mol. The summed E-state index contributed by atoms with van der Waals surface area (Å²) in [5.74, 6) is 0.472. The van der Waals surface area contributed by atoms with Crippen molar-refractivity contribution in [1.82, 2.24) is 4.72 Å². The first-order chi connectivity index (χ1) is 16.1. The van der Waals surface area contributed by atoms with Crippen molar-refractivity contribution in [2.75, 3.05) is 19.5 Å². The van der Waals surface area contributed by atoms with E-state index in [0.717, 1.165) is 11.1 Å². The maximum Gasteiger partial charge on any atom is 0.243 e. The van der Waals surface area contributed by atoms with E-state index in [1.165, 1.54) is 14.2 Å². The fourth-order valence-corrected chi connectivity index (χ4v) is 5.64. The minimum absolute atomic E-state index is 0.175. The number of carbonyl (C=O) groups is 1. The van der Waals surface area contributed by atoms with E-state index in [2.05, 4.69) is 10.0 Å². The number of hydrogen-bond donors (Lipinski definition) is 2. The molecule has 3 aromatic carbocycles. The second kappa shape index (κ2) is 10.7. The molecular weight excluding hydrogens is 452 g/mol. The molecule has 0 aliphatic heterocycles. The highest BCUT2D eigenvalue weighted by molar-refractivity contribution is 7.89. The lowest BCUT2D eigenvalue weighted by Gasteiger charge is -2.21. The molecule has 0 saturated carbocycles. The van der Waals surface area contributed by atoms with E-state index in [1.807, 2.05) is 49.4 Å². The van der Waals surface area contributed by atoms with Crippen molar-refractivity contribution in [1.29, 1.82) is 0 Å². The van der Waals surface area contributed by atoms with Gasteiger partial charge in [-0.25, -0.2) is 8.42 Å². The first-order valence-corrected chi connectivity index (χ1v) is 12.3. The van der Waals surface area contributed by atoms with Gasteiger partial charge in [0, 0.05) is 6.07 Å². The topological polar surface area (TPSA) is 93.7 Å². The molecule has 34 heavy (non-hydrogen) atoms. The van der Waals surface area contributed by atoms with Crippen molar-refractivity contribution in [3.63, 3.8) is 0 Å². The standard InChI is InChI=1S/C26H30N2O5S/c1-17-13-18(2)25(19(3)14-17)34(30,31)28-23(15-20-9-7-6-8-10-20)26(29)27-22-12-11-21(32-4)16-24(22)33-5/h6-14,16,23,28H,15H2,1-5H3,(H,27,29)/t23-/m0/s1. The molecule has 0 spiro atoms. The van der Waals surface area contributed by atoms with Gasteiger partial charge in [0.2, 0.25) is 15.9 Å². The fourth-order valence-electron chi connectivity index (χ4n) is 4.00. The summed E-state index contributed by atoms with van der Waals surface area (Å²) in [5, 5.41) is 2.80. The minimum atomic E-state index is -3.98. The lowest BCUT2D eigenvalue weighted by Crippen LogP contribution is -2.45. The second-order valence-corrected chi connectivity index (χ2v) is 9.80. The van der Waals surface area contributed by atoms with E-state index >= 15 is 0 Å². The summed E-state index contributed by atoms with van der Waals surface area (Å²) < 4.78 is 40.0. The molecule has 1 atom stereocenters. The highest BCUT2D eigenvalue weighted by Gasteiger charge is 2.29. The van der Waals surface area contributed by atoms with Crippen molar-refractivity contribution in [3.05, 3.63) is 82.9 Å². The smallest absolute Gasteiger partial charge is 0.243 e. The van der Waals surface area contributed by atoms with Crippen LogP contribution in [-0.4, -0.2) is 34.6 Å². The first kappa shape index (κ1) is 25.3. The molecule has 8 heteroatoms. The normalized spacial score (nSPS) is 12.1. The molecule has 2 N–H and O–H groups in total. The van der Waals surface area contributed by atoms with Gasteiger partial charge in [0.1, 0.15) is 17.5 Å². The molecule has 0 aromatic heterocycles. The second-order valence-electron chi connectivity index (χ2n) is 8.15. The van der Waals surface area contributed by atoms with Crippen LogP contribution < -0.4 is 19.5 Å². The third-order valence-corrected chi connectivity index (χ3v) is 7.21. The van der Waals surface area contributed by atoms with Crippen molar-refractivity contribution in [2.24, 2.45) is 0 Å². The van der Waals surface area contributed by atoms with Crippen LogP contribution in [0.15, 0.2) is 65.6 Å². The van der Waals surface area contributed by atoms with Gasteiger partial charge in [-0.1, -0.05) is 48.0 Å². The molecule has 0 aliphatic carbocycles. The molecule has 3 aromatic rings. The Hall–Kier alpha value is -3.36. The van der Waals surface area contributed by atoms with Crippen LogP contribution in [0.3, 0.4) is 0 Å². The molecule has 0 aliphatic rings. The lowest BCUT2D eigenvalue weighted by molar-refractivity contribution is -0.117. The van der Waals surface area contributed by atoms with E-state index in [4.69, 9.17) is 9.47 Å². The monoisotopic (exact) mass is 482 g/mol. The molecule has 0 unspecified atom stereocenters. The van der Waals surface area contributed by atoms with E-state index in [9.17, 15) is 13.2 Å². The van der Waals surface area contributed by atoms with Crippen LogP contribution in [0.25, 0.3) is 0 Å². The van der Waals surface area contributed by atoms with Gasteiger partial charge in [0.05, 0.1) is 24.8 Å². The number of hydrogen-bond acceptors (Lipinski definition) is 5. The van der Waals surface area contributed by atoms with Crippen LogP contribution in [-0.2, 0) is 21.2 Å². The molecule has 0 saturated heterocycles. The highest BCUT2D eigenvalue weighted by Crippen LogP contribution is 2.29. The summed E-state index contributed by atoms with van der Waals surface area (Å²) in [7, 11) is -0.965. The average Bonchev–Trinajstić information content (AvgIpc) is 2.78. The summed E-state index contributed by atoms with van der Waals surface area (Å²) in [5.41, 5.74) is 3.46. The Kier molecular flexibility index (Phi) is 7.96. The summed E-state index contributed by atoms with van der Waals surface area (Å²) >= 11 is 0. The number of rotatable bonds is 9. The lowest BCUT2D eigenvalue weighted by atomic mass is 10.1. The number of anilines is 1. The van der Waals surface area contributed by atoms with E-state index in [-0.39, 0.29) is 11.3 Å². The largest absolute Gasteiger partial charge is 0.497 e. The van der Waals surface area contributed by atoms with Gasteiger partial charge in [0.15, 0.2) is 0 Å². The predicted octanol–water partition coefficient (Wildman–Crippen LogP) is 4.16. The number of ether oxygens (including phenoxy) is 2. The summed E-state index contributed by atoms with van der Waals surface area (Å²) in [6.45, 7) is 5.42.